The molecule has 1 aromatic carbocycles. The van der Waals surface area contributed by atoms with Crippen LogP contribution in [0, 0.1) is 12.8 Å². The minimum atomic E-state index is -0.217. The normalized spacial score (nSPS) is 20.6. The lowest BCUT2D eigenvalue weighted by molar-refractivity contribution is 0.246. The molecular weight excluding hydrogens is 338 g/mol. The van der Waals surface area contributed by atoms with Crippen molar-refractivity contribution in [1.82, 2.24) is 20.0 Å². The second kappa shape index (κ2) is 7.45. The van der Waals surface area contributed by atoms with Gasteiger partial charge in [-0.3, -0.25) is 5.32 Å². The molecule has 0 saturated carbocycles. The fourth-order valence-electron chi connectivity index (χ4n) is 3.24. The van der Waals surface area contributed by atoms with Crippen molar-refractivity contribution in [2.24, 2.45) is 5.92 Å². The molecule has 1 aromatic heterocycles. The molecule has 1 fully saturated rings. The fourth-order valence-corrected chi connectivity index (χ4v) is 3.42. The van der Waals surface area contributed by atoms with E-state index in [0.717, 1.165) is 31.0 Å². The van der Waals surface area contributed by atoms with Crippen molar-refractivity contribution >= 4 is 23.4 Å². The van der Waals surface area contributed by atoms with E-state index in [9.17, 15) is 4.79 Å². The number of hydrogen-bond acceptors (Lipinski definition) is 3. The van der Waals surface area contributed by atoms with Gasteiger partial charge in [0.1, 0.15) is 0 Å². The van der Waals surface area contributed by atoms with Gasteiger partial charge in [-0.15, -0.1) is 5.10 Å². The van der Waals surface area contributed by atoms with Crippen molar-refractivity contribution in [2.45, 2.75) is 26.8 Å². The van der Waals surface area contributed by atoms with E-state index in [4.69, 9.17) is 11.6 Å². The zero-order valence-electron chi connectivity index (χ0n) is 14.8. The van der Waals surface area contributed by atoms with Gasteiger partial charge in [-0.25, -0.2) is 9.48 Å². The molecule has 0 aliphatic carbocycles. The summed E-state index contributed by atoms with van der Waals surface area (Å²) in [5.41, 5.74) is 1.78. The molecule has 0 bridgehead atoms. The van der Waals surface area contributed by atoms with Crippen molar-refractivity contribution < 1.29 is 4.79 Å². The molecule has 6 nitrogen and oxygen atoms in total. The summed E-state index contributed by atoms with van der Waals surface area (Å²) in [7, 11) is 0. The Balaban J connectivity index is 1.65. The molecule has 2 aromatic rings. The number of carbonyl (C=O) groups is 1. The topological polar surface area (TPSA) is 62.2 Å². The number of carbonyl (C=O) groups excluding carboxylic acids is 1. The molecule has 1 aliphatic heterocycles. The van der Waals surface area contributed by atoms with E-state index in [1.54, 1.807) is 4.68 Å². The van der Waals surface area contributed by atoms with Crippen LogP contribution in [0.5, 0.6) is 0 Å². The Morgan fingerprint density at radius 3 is 2.84 bits per heavy atom. The van der Waals surface area contributed by atoms with Crippen LogP contribution in [0.25, 0.3) is 5.69 Å². The predicted octanol–water partition coefficient (Wildman–Crippen LogP) is 3.30. The molecule has 2 N–H and O–H groups in total. The summed E-state index contributed by atoms with van der Waals surface area (Å²) in [5, 5.41) is 11.0. The number of halogens is 1. The number of aromatic nitrogens is 2. The highest BCUT2D eigenvalue weighted by Gasteiger charge is 2.29. The van der Waals surface area contributed by atoms with Crippen molar-refractivity contribution in [2.75, 3.05) is 25.0 Å². The van der Waals surface area contributed by atoms with Gasteiger partial charge in [0.25, 0.3) is 0 Å². The zero-order chi connectivity index (χ0) is 18.0. The highest BCUT2D eigenvalue weighted by atomic mass is 35.5. The average molecular weight is 362 g/mol. The fraction of sp³-hybridized carbons (Fsp3) is 0.444. The van der Waals surface area contributed by atoms with Crippen LogP contribution in [0.4, 0.5) is 10.6 Å². The van der Waals surface area contributed by atoms with Gasteiger partial charge in [0.15, 0.2) is 5.82 Å². The summed E-state index contributed by atoms with van der Waals surface area (Å²) in [5.74, 6) is 0.962. The molecule has 2 unspecified atom stereocenters. The molecule has 0 spiro atoms. The molecule has 2 amide bonds. The quantitative estimate of drug-likeness (QED) is 0.878. The van der Waals surface area contributed by atoms with Gasteiger partial charge < -0.3 is 10.2 Å². The summed E-state index contributed by atoms with van der Waals surface area (Å²) in [6.45, 7) is 9.16. The monoisotopic (exact) mass is 361 g/mol. The maximum Gasteiger partial charge on any atom is 0.320 e. The first-order chi connectivity index (χ1) is 12.0. The maximum atomic E-state index is 12.3. The third-order valence-corrected chi connectivity index (χ3v) is 4.87. The Labute approximate surface area is 153 Å². The van der Waals surface area contributed by atoms with Crippen molar-refractivity contribution in [3.63, 3.8) is 0 Å². The number of rotatable bonds is 4. The number of amides is 2. The van der Waals surface area contributed by atoms with Crippen LogP contribution >= 0.6 is 11.6 Å². The summed E-state index contributed by atoms with van der Waals surface area (Å²) >= 11 is 6.05. The number of hydrogen-bond donors (Lipinski definition) is 2. The molecule has 7 heteroatoms. The van der Waals surface area contributed by atoms with Crippen LogP contribution < -0.4 is 10.6 Å². The number of anilines is 1. The van der Waals surface area contributed by atoms with E-state index >= 15 is 0 Å². The lowest BCUT2D eigenvalue weighted by Gasteiger charge is -2.16. The Morgan fingerprint density at radius 1 is 1.36 bits per heavy atom. The van der Waals surface area contributed by atoms with Crippen LogP contribution in [-0.2, 0) is 0 Å². The standard InChI is InChI=1S/C18H24ClN5O/c1-4-23-10-12(2)16(11-23)20-18(25)21-17-8-13(3)24(22-17)15-7-5-6-14(19)9-15/h5-9,12,16H,4,10-11H2,1-3H3,(H2,20,21,22,25). The van der Waals surface area contributed by atoms with Crippen molar-refractivity contribution in [1.29, 1.82) is 0 Å². The van der Waals surface area contributed by atoms with Gasteiger partial charge in [-0.1, -0.05) is 31.5 Å². The Hall–Kier alpha value is -2.05. The van der Waals surface area contributed by atoms with Gasteiger partial charge in [0.2, 0.25) is 0 Å². The highest BCUT2D eigenvalue weighted by Crippen LogP contribution is 2.19. The number of likely N-dealkylation sites (tertiary alicyclic amines) is 1. The van der Waals surface area contributed by atoms with Crippen LogP contribution in [0.15, 0.2) is 30.3 Å². The lowest BCUT2D eigenvalue weighted by Crippen LogP contribution is -2.42. The lowest BCUT2D eigenvalue weighted by atomic mass is 10.1. The molecule has 1 saturated heterocycles. The second-order valence-corrected chi connectivity index (χ2v) is 7.03. The first-order valence-electron chi connectivity index (χ1n) is 8.58. The van der Waals surface area contributed by atoms with Crippen LogP contribution in [0.1, 0.15) is 19.5 Å². The van der Waals surface area contributed by atoms with E-state index in [2.05, 4.69) is 34.5 Å². The van der Waals surface area contributed by atoms with Crippen LogP contribution in [0.2, 0.25) is 5.02 Å². The number of nitrogens with zero attached hydrogens (tertiary/aromatic N) is 3. The molecule has 2 heterocycles. The molecule has 2 atom stereocenters. The van der Waals surface area contributed by atoms with Gasteiger partial charge in [0.05, 0.1) is 5.69 Å². The zero-order valence-corrected chi connectivity index (χ0v) is 15.5. The Morgan fingerprint density at radius 2 is 2.16 bits per heavy atom. The molecule has 0 radical (unpaired) electrons. The maximum absolute atomic E-state index is 12.3. The summed E-state index contributed by atoms with van der Waals surface area (Å²) in [6, 6.07) is 9.25. The third-order valence-electron chi connectivity index (χ3n) is 4.63. The first kappa shape index (κ1) is 17.8. The molecule has 3 rings (SSSR count). The third kappa shape index (κ3) is 4.14. The number of likely N-dealkylation sites (N-methyl/N-ethyl adjacent to an activating group) is 1. The largest absolute Gasteiger partial charge is 0.333 e. The van der Waals surface area contributed by atoms with E-state index < -0.39 is 0 Å². The minimum absolute atomic E-state index is 0.163. The number of benzene rings is 1. The van der Waals surface area contributed by atoms with Gasteiger partial charge >= 0.3 is 6.03 Å². The molecule has 25 heavy (non-hydrogen) atoms. The van der Waals surface area contributed by atoms with E-state index in [1.807, 2.05) is 37.3 Å². The van der Waals surface area contributed by atoms with E-state index in [0.29, 0.717) is 16.8 Å². The highest BCUT2D eigenvalue weighted by molar-refractivity contribution is 6.30. The summed E-state index contributed by atoms with van der Waals surface area (Å²) in [6.07, 6.45) is 0. The number of nitrogens with one attached hydrogen (secondary N) is 2. The summed E-state index contributed by atoms with van der Waals surface area (Å²) < 4.78 is 1.76. The number of aryl methyl sites for hydroxylation is 1. The molecular formula is C18H24ClN5O. The van der Waals surface area contributed by atoms with Crippen molar-refractivity contribution in [3.05, 3.63) is 41.0 Å². The second-order valence-electron chi connectivity index (χ2n) is 6.60. The Kier molecular flexibility index (Phi) is 5.30. The molecule has 1 aliphatic rings. The average Bonchev–Trinajstić information content (AvgIpc) is 3.10. The first-order valence-corrected chi connectivity index (χ1v) is 8.96. The van der Waals surface area contributed by atoms with Crippen LogP contribution in [0.3, 0.4) is 0 Å². The van der Waals surface area contributed by atoms with E-state index in [1.165, 1.54) is 0 Å². The predicted molar refractivity (Wildman–Crippen MR) is 101 cm³/mol. The molecule has 134 valence electrons. The van der Waals surface area contributed by atoms with Gasteiger partial charge in [-0.05, 0) is 37.6 Å². The van der Waals surface area contributed by atoms with Gasteiger partial charge in [0, 0.05) is 35.9 Å². The minimum Gasteiger partial charge on any atom is -0.333 e. The SMILES string of the molecule is CCN1CC(C)C(NC(=O)Nc2cc(C)n(-c3cccc(Cl)c3)n2)C1. The van der Waals surface area contributed by atoms with Crippen LogP contribution in [-0.4, -0.2) is 46.4 Å². The van der Waals surface area contributed by atoms with E-state index in [-0.39, 0.29) is 12.1 Å². The van der Waals surface area contributed by atoms with Crippen molar-refractivity contribution in [3.8, 4) is 5.69 Å². The Bertz CT molecular complexity index is 760. The summed E-state index contributed by atoms with van der Waals surface area (Å²) in [4.78, 5) is 14.6. The smallest absolute Gasteiger partial charge is 0.320 e. The number of urea groups is 1. The van der Waals surface area contributed by atoms with Gasteiger partial charge in [-0.2, -0.15) is 0 Å².